The van der Waals surface area contributed by atoms with Crippen molar-refractivity contribution in [2.45, 2.75) is 6.92 Å². The molecule has 1 radical (unpaired) electrons. The summed E-state index contributed by atoms with van der Waals surface area (Å²) in [6.07, 6.45) is 3.36. The Labute approximate surface area is 77.0 Å². The molecule has 0 unspecified atom stereocenters. The lowest BCUT2D eigenvalue weighted by atomic mass is 10.6. The summed E-state index contributed by atoms with van der Waals surface area (Å²) in [5.41, 5.74) is 0. The van der Waals surface area contributed by atoms with Gasteiger partial charge in [-0.05, 0) is 25.7 Å². The maximum atomic E-state index is 10.9. The van der Waals surface area contributed by atoms with E-state index in [-0.39, 0.29) is 5.12 Å². The van der Waals surface area contributed by atoms with Crippen molar-refractivity contribution < 1.29 is 4.79 Å². The summed E-state index contributed by atoms with van der Waals surface area (Å²) >= 11 is 3.13. The second-order valence-electron chi connectivity index (χ2n) is 1.78. The first-order chi connectivity index (χ1) is 5.31. The minimum absolute atomic E-state index is 0.150. The van der Waals surface area contributed by atoms with Gasteiger partial charge in [0.2, 0.25) is 5.12 Å². The number of thioether (sulfide) groups is 2. The lowest BCUT2D eigenvalue weighted by Gasteiger charge is -1.94. The van der Waals surface area contributed by atoms with Crippen molar-refractivity contribution in [3.8, 4) is 0 Å². The molecule has 1 nitrogen and oxygen atoms in total. The highest BCUT2D eigenvalue weighted by Crippen LogP contribution is 2.07. The van der Waals surface area contributed by atoms with Crippen LogP contribution >= 0.6 is 23.5 Å². The van der Waals surface area contributed by atoms with Crippen molar-refractivity contribution in [1.29, 1.82) is 0 Å². The van der Waals surface area contributed by atoms with E-state index in [1.165, 1.54) is 11.8 Å². The Morgan fingerprint density at radius 2 is 2.27 bits per heavy atom. The maximum Gasteiger partial charge on any atom is 0.211 e. The molecule has 3 heteroatoms. The van der Waals surface area contributed by atoms with Crippen LogP contribution in [0.3, 0.4) is 0 Å². The van der Waals surface area contributed by atoms with E-state index in [0.29, 0.717) is 0 Å². The number of hydrogen-bond donors (Lipinski definition) is 0. The Kier molecular flexibility index (Phi) is 8.29. The van der Waals surface area contributed by atoms with Crippen molar-refractivity contribution in [1.82, 2.24) is 0 Å². The van der Waals surface area contributed by atoms with Crippen LogP contribution in [-0.4, -0.2) is 22.4 Å². The van der Waals surface area contributed by atoms with E-state index < -0.39 is 0 Å². The Bertz CT molecular complexity index is 132. The zero-order valence-electron chi connectivity index (χ0n) is 6.71. The van der Waals surface area contributed by atoms with Crippen LogP contribution in [0, 0.1) is 6.92 Å². The SMILES string of the molecule is [CH2]CSCCSC(=O)C=CC. The standard InChI is InChI=1S/C8H13OS2/c1-3-5-8(9)11-7-6-10-4-2/h3,5H,2,4,6-7H2,1H3. The monoisotopic (exact) mass is 189 g/mol. The first-order valence-corrected chi connectivity index (χ1v) is 5.61. The van der Waals surface area contributed by atoms with Crippen LogP contribution in [0.25, 0.3) is 0 Å². The lowest BCUT2D eigenvalue weighted by Crippen LogP contribution is -1.90. The predicted molar refractivity (Wildman–Crippen MR) is 55.0 cm³/mol. The molecule has 0 aromatic rings. The van der Waals surface area contributed by atoms with Crippen LogP contribution in [0.15, 0.2) is 12.2 Å². The molecule has 11 heavy (non-hydrogen) atoms. The zero-order valence-corrected chi connectivity index (χ0v) is 8.34. The van der Waals surface area contributed by atoms with Gasteiger partial charge in [0, 0.05) is 11.5 Å². The number of carbonyl (C=O) groups is 1. The molecule has 63 valence electrons. The normalized spacial score (nSPS) is 10.7. The summed E-state index contributed by atoms with van der Waals surface area (Å²) in [5.74, 6) is 2.79. The van der Waals surface area contributed by atoms with E-state index in [9.17, 15) is 4.79 Å². The minimum Gasteiger partial charge on any atom is -0.282 e. The van der Waals surface area contributed by atoms with Gasteiger partial charge in [-0.1, -0.05) is 17.8 Å². The first kappa shape index (κ1) is 11.1. The van der Waals surface area contributed by atoms with Crippen molar-refractivity contribution in [3.05, 3.63) is 19.1 Å². The van der Waals surface area contributed by atoms with Gasteiger partial charge in [-0.15, -0.1) is 0 Å². The molecule has 0 bridgehead atoms. The molecule has 0 heterocycles. The highest BCUT2D eigenvalue weighted by atomic mass is 32.2. The summed E-state index contributed by atoms with van der Waals surface area (Å²) < 4.78 is 0. The Morgan fingerprint density at radius 1 is 1.55 bits per heavy atom. The molecule has 0 saturated heterocycles. The summed E-state index contributed by atoms with van der Waals surface area (Å²) in [4.78, 5) is 10.9. The lowest BCUT2D eigenvalue weighted by molar-refractivity contribution is -0.107. The van der Waals surface area contributed by atoms with E-state index >= 15 is 0 Å². The molecule has 0 amide bonds. The fourth-order valence-corrected chi connectivity index (χ4v) is 1.93. The van der Waals surface area contributed by atoms with E-state index in [1.807, 2.05) is 6.92 Å². The van der Waals surface area contributed by atoms with Gasteiger partial charge in [-0.3, -0.25) is 4.79 Å². The second kappa shape index (κ2) is 8.21. The van der Waals surface area contributed by atoms with Crippen LogP contribution in [0.5, 0.6) is 0 Å². The molecule has 0 saturated carbocycles. The van der Waals surface area contributed by atoms with Crippen molar-refractivity contribution in [2.24, 2.45) is 0 Å². The third-order valence-corrected chi connectivity index (χ3v) is 2.79. The fourth-order valence-electron chi connectivity index (χ4n) is 0.487. The third-order valence-electron chi connectivity index (χ3n) is 0.919. The molecular weight excluding hydrogens is 176 g/mol. The molecule has 0 aromatic heterocycles. The smallest absolute Gasteiger partial charge is 0.211 e. The van der Waals surface area contributed by atoms with Crippen molar-refractivity contribution in [2.75, 3.05) is 17.3 Å². The van der Waals surface area contributed by atoms with Gasteiger partial charge in [0.1, 0.15) is 0 Å². The largest absolute Gasteiger partial charge is 0.282 e. The fraction of sp³-hybridized carbons (Fsp3) is 0.500. The minimum atomic E-state index is 0.150. The molecule has 0 aromatic carbocycles. The van der Waals surface area contributed by atoms with Gasteiger partial charge >= 0.3 is 0 Å². The molecule has 0 aliphatic heterocycles. The van der Waals surface area contributed by atoms with E-state index in [2.05, 4.69) is 6.92 Å². The van der Waals surface area contributed by atoms with Crippen LogP contribution < -0.4 is 0 Å². The summed E-state index contributed by atoms with van der Waals surface area (Å²) in [6.45, 7) is 5.54. The predicted octanol–water partition coefficient (Wildman–Crippen LogP) is 2.39. The van der Waals surface area contributed by atoms with Gasteiger partial charge in [0.15, 0.2) is 0 Å². The summed E-state index contributed by atoms with van der Waals surface area (Å²) in [7, 11) is 0. The molecule has 0 aliphatic carbocycles. The van der Waals surface area contributed by atoms with E-state index in [4.69, 9.17) is 0 Å². The highest BCUT2D eigenvalue weighted by Gasteiger charge is 1.95. The number of rotatable bonds is 5. The second-order valence-corrected chi connectivity index (χ2v) is 4.10. The van der Waals surface area contributed by atoms with Crippen LogP contribution in [0.1, 0.15) is 6.92 Å². The maximum absolute atomic E-state index is 10.9. The molecule has 0 aliphatic rings. The molecule has 0 N–H and O–H groups in total. The van der Waals surface area contributed by atoms with Crippen LogP contribution in [0.2, 0.25) is 0 Å². The number of hydrogen-bond acceptors (Lipinski definition) is 3. The van der Waals surface area contributed by atoms with Gasteiger partial charge in [0.25, 0.3) is 0 Å². The van der Waals surface area contributed by atoms with Gasteiger partial charge in [-0.2, -0.15) is 11.8 Å². The highest BCUT2D eigenvalue weighted by molar-refractivity contribution is 8.14. The Hall–Kier alpha value is 0.110. The van der Waals surface area contributed by atoms with Crippen molar-refractivity contribution in [3.63, 3.8) is 0 Å². The average molecular weight is 189 g/mol. The van der Waals surface area contributed by atoms with Gasteiger partial charge in [-0.25, -0.2) is 0 Å². The van der Waals surface area contributed by atoms with E-state index in [0.717, 1.165) is 17.3 Å². The Morgan fingerprint density at radius 3 is 2.82 bits per heavy atom. The molecular formula is C8H13OS2. The first-order valence-electron chi connectivity index (χ1n) is 3.47. The topological polar surface area (TPSA) is 17.1 Å². The summed E-state index contributed by atoms with van der Waals surface area (Å²) in [6, 6.07) is 0. The molecule has 0 spiro atoms. The average Bonchev–Trinajstić information content (AvgIpc) is 1.99. The molecule has 0 atom stereocenters. The Balaban J connectivity index is 3.17. The van der Waals surface area contributed by atoms with Gasteiger partial charge in [0.05, 0.1) is 0 Å². The quantitative estimate of drug-likeness (QED) is 0.488. The zero-order chi connectivity index (χ0) is 8.53. The van der Waals surface area contributed by atoms with Crippen LogP contribution in [0.4, 0.5) is 0 Å². The van der Waals surface area contributed by atoms with Crippen molar-refractivity contribution >= 4 is 28.6 Å². The number of allylic oxidation sites excluding steroid dienone is 1. The van der Waals surface area contributed by atoms with E-state index in [1.54, 1.807) is 23.9 Å². The van der Waals surface area contributed by atoms with Crippen LogP contribution in [-0.2, 0) is 4.79 Å². The van der Waals surface area contributed by atoms with Gasteiger partial charge < -0.3 is 0 Å². The molecule has 0 fully saturated rings. The third kappa shape index (κ3) is 8.01. The molecule has 0 rings (SSSR count). The summed E-state index contributed by atoms with van der Waals surface area (Å²) in [5, 5.41) is 0.150. The number of carbonyl (C=O) groups excluding carboxylic acids is 1.